The van der Waals surface area contributed by atoms with E-state index < -0.39 is 11.4 Å². The molecule has 0 bridgehead atoms. The second kappa shape index (κ2) is 6.29. The highest BCUT2D eigenvalue weighted by molar-refractivity contribution is 5.95. The van der Waals surface area contributed by atoms with Crippen LogP contribution in [0.3, 0.4) is 0 Å². The van der Waals surface area contributed by atoms with Gasteiger partial charge in [0.1, 0.15) is 0 Å². The number of aryl methyl sites for hydroxylation is 2. The van der Waals surface area contributed by atoms with Gasteiger partial charge in [-0.2, -0.15) is 0 Å². The number of carboxylic acid groups (broad SMARTS) is 1. The van der Waals surface area contributed by atoms with E-state index in [0.717, 1.165) is 36.1 Å². The number of anilines is 1. The Labute approximate surface area is 125 Å². The van der Waals surface area contributed by atoms with Crippen LogP contribution in [0.25, 0.3) is 0 Å². The van der Waals surface area contributed by atoms with Crippen molar-refractivity contribution in [1.29, 1.82) is 0 Å². The Morgan fingerprint density at radius 1 is 1.14 bits per heavy atom. The molecule has 0 spiro atoms. The number of para-hydroxylation sites is 1. The molecule has 114 valence electrons. The Morgan fingerprint density at radius 2 is 1.71 bits per heavy atom. The summed E-state index contributed by atoms with van der Waals surface area (Å²) in [4.78, 5) is 23.9. The molecule has 0 atom stereocenters. The van der Waals surface area contributed by atoms with Crippen molar-refractivity contribution >= 4 is 17.6 Å². The molecule has 21 heavy (non-hydrogen) atoms. The highest BCUT2D eigenvalue weighted by Crippen LogP contribution is 2.40. The monoisotopic (exact) mass is 289 g/mol. The number of hydrogen-bond acceptors (Lipinski definition) is 2. The van der Waals surface area contributed by atoms with E-state index in [0.29, 0.717) is 12.8 Å². The second-order valence-corrected chi connectivity index (χ2v) is 6.14. The van der Waals surface area contributed by atoms with Crippen LogP contribution >= 0.6 is 0 Å². The zero-order valence-electron chi connectivity index (χ0n) is 12.7. The van der Waals surface area contributed by atoms with Crippen LogP contribution in [-0.2, 0) is 9.59 Å². The van der Waals surface area contributed by atoms with Gasteiger partial charge in [0.05, 0.1) is 5.41 Å². The molecular weight excluding hydrogens is 266 g/mol. The summed E-state index contributed by atoms with van der Waals surface area (Å²) in [7, 11) is 0. The molecule has 1 aromatic rings. The highest BCUT2D eigenvalue weighted by atomic mass is 16.4. The number of carbonyl (C=O) groups is 2. The van der Waals surface area contributed by atoms with E-state index in [1.807, 2.05) is 32.0 Å². The van der Waals surface area contributed by atoms with Crippen LogP contribution in [-0.4, -0.2) is 17.0 Å². The number of rotatable bonds is 4. The predicted octanol–water partition coefficient (Wildman–Crippen LogP) is 3.67. The van der Waals surface area contributed by atoms with Gasteiger partial charge in [0, 0.05) is 12.1 Å². The van der Waals surface area contributed by atoms with Gasteiger partial charge < -0.3 is 10.4 Å². The van der Waals surface area contributed by atoms with Gasteiger partial charge in [0.25, 0.3) is 0 Å². The molecule has 1 aliphatic rings. The number of carbonyl (C=O) groups excluding carboxylic acids is 1. The van der Waals surface area contributed by atoms with Crippen LogP contribution in [0, 0.1) is 19.3 Å². The molecule has 1 amide bonds. The molecule has 1 saturated carbocycles. The van der Waals surface area contributed by atoms with E-state index in [4.69, 9.17) is 0 Å². The molecule has 0 aliphatic heterocycles. The van der Waals surface area contributed by atoms with Crippen LogP contribution in [0.15, 0.2) is 18.2 Å². The third-order valence-corrected chi connectivity index (χ3v) is 4.51. The summed E-state index contributed by atoms with van der Waals surface area (Å²) in [5, 5.41) is 12.4. The minimum absolute atomic E-state index is 0.0656. The van der Waals surface area contributed by atoms with Crippen LogP contribution in [0.5, 0.6) is 0 Å². The minimum atomic E-state index is -0.876. The summed E-state index contributed by atoms with van der Waals surface area (Å²) in [6.45, 7) is 3.88. The highest BCUT2D eigenvalue weighted by Gasteiger charge is 2.41. The van der Waals surface area contributed by atoms with Gasteiger partial charge in [-0.15, -0.1) is 0 Å². The predicted molar refractivity (Wildman–Crippen MR) is 82.3 cm³/mol. The maximum absolute atomic E-state index is 12.3. The standard InChI is InChI=1S/C17H23NO3/c1-12-7-6-8-13(2)15(12)18-14(19)11-17(16(20)21)9-4-3-5-10-17/h6-8H,3-5,9-11H2,1-2H3,(H,18,19)(H,20,21). The number of aliphatic carboxylic acids is 1. The molecule has 2 rings (SSSR count). The van der Waals surface area contributed by atoms with Crippen molar-refractivity contribution in [3.05, 3.63) is 29.3 Å². The van der Waals surface area contributed by atoms with Gasteiger partial charge >= 0.3 is 5.97 Å². The molecule has 0 aromatic heterocycles. The van der Waals surface area contributed by atoms with E-state index in [2.05, 4.69) is 5.32 Å². The summed E-state index contributed by atoms with van der Waals surface area (Å²) in [5.74, 6) is -1.03. The number of amides is 1. The number of benzene rings is 1. The lowest BCUT2D eigenvalue weighted by Gasteiger charge is -2.32. The maximum Gasteiger partial charge on any atom is 0.310 e. The van der Waals surface area contributed by atoms with Crippen LogP contribution in [0.2, 0.25) is 0 Å². The molecule has 0 saturated heterocycles. The number of hydrogen-bond donors (Lipinski definition) is 2. The lowest BCUT2D eigenvalue weighted by atomic mass is 9.71. The van der Waals surface area contributed by atoms with E-state index in [1.54, 1.807) is 0 Å². The fraction of sp³-hybridized carbons (Fsp3) is 0.529. The third kappa shape index (κ3) is 3.43. The smallest absolute Gasteiger partial charge is 0.310 e. The quantitative estimate of drug-likeness (QED) is 0.888. The lowest BCUT2D eigenvalue weighted by Crippen LogP contribution is -2.37. The summed E-state index contributed by atoms with van der Waals surface area (Å²) >= 11 is 0. The van der Waals surface area contributed by atoms with Crippen LogP contribution in [0.1, 0.15) is 49.7 Å². The summed E-state index contributed by atoms with van der Waals surface area (Å²) in [5.41, 5.74) is 1.92. The Morgan fingerprint density at radius 3 is 2.24 bits per heavy atom. The molecule has 1 aromatic carbocycles. The van der Waals surface area contributed by atoms with E-state index in [1.165, 1.54) is 0 Å². The van der Waals surface area contributed by atoms with Crippen molar-refractivity contribution in [2.45, 2.75) is 52.4 Å². The van der Waals surface area contributed by atoms with Crippen LogP contribution < -0.4 is 5.32 Å². The first kappa shape index (κ1) is 15.5. The van der Waals surface area contributed by atoms with Crippen molar-refractivity contribution in [3.8, 4) is 0 Å². The van der Waals surface area contributed by atoms with Gasteiger partial charge in [-0.1, -0.05) is 37.5 Å². The Balaban J connectivity index is 2.11. The fourth-order valence-corrected chi connectivity index (χ4v) is 3.20. The maximum atomic E-state index is 12.3. The van der Waals surface area contributed by atoms with Gasteiger partial charge in [0.15, 0.2) is 0 Å². The van der Waals surface area contributed by atoms with E-state index in [9.17, 15) is 14.7 Å². The second-order valence-electron chi connectivity index (χ2n) is 6.14. The molecule has 0 radical (unpaired) electrons. The molecule has 4 nitrogen and oxygen atoms in total. The molecule has 2 N–H and O–H groups in total. The van der Waals surface area contributed by atoms with Crippen molar-refractivity contribution in [3.63, 3.8) is 0 Å². The van der Waals surface area contributed by atoms with Gasteiger partial charge in [-0.3, -0.25) is 9.59 Å². The molecule has 0 unspecified atom stereocenters. The molecule has 4 heteroatoms. The molecule has 1 aliphatic carbocycles. The average Bonchev–Trinajstić information content (AvgIpc) is 2.44. The van der Waals surface area contributed by atoms with Crippen molar-refractivity contribution in [2.24, 2.45) is 5.41 Å². The number of carboxylic acids is 1. The lowest BCUT2D eigenvalue weighted by molar-refractivity contribution is -0.153. The summed E-state index contributed by atoms with van der Waals surface area (Å²) in [6, 6.07) is 5.83. The van der Waals surface area contributed by atoms with Gasteiger partial charge in [-0.05, 0) is 37.8 Å². The summed E-state index contributed by atoms with van der Waals surface area (Å²) < 4.78 is 0. The topological polar surface area (TPSA) is 66.4 Å². The number of nitrogens with one attached hydrogen (secondary N) is 1. The van der Waals surface area contributed by atoms with Crippen molar-refractivity contribution in [1.82, 2.24) is 0 Å². The zero-order chi connectivity index (χ0) is 15.5. The van der Waals surface area contributed by atoms with Crippen LogP contribution in [0.4, 0.5) is 5.69 Å². The molecular formula is C17H23NO3. The molecule has 0 heterocycles. The van der Waals surface area contributed by atoms with E-state index in [-0.39, 0.29) is 12.3 Å². The molecule has 1 fully saturated rings. The first-order valence-corrected chi connectivity index (χ1v) is 7.54. The Bertz CT molecular complexity index is 525. The summed E-state index contributed by atoms with van der Waals surface area (Å²) in [6.07, 6.45) is 4.11. The normalized spacial score (nSPS) is 17.2. The fourth-order valence-electron chi connectivity index (χ4n) is 3.20. The third-order valence-electron chi connectivity index (χ3n) is 4.51. The van der Waals surface area contributed by atoms with Gasteiger partial charge in [-0.25, -0.2) is 0 Å². The Kier molecular flexibility index (Phi) is 4.66. The minimum Gasteiger partial charge on any atom is -0.481 e. The Hall–Kier alpha value is -1.84. The van der Waals surface area contributed by atoms with Gasteiger partial charge in [0.2, 0.25) is 5.91 Å². The van der Waals surface area contributed by atoms with Crippen molar-refractivity contribution in [2.75, 3.05) is 5.32 Å². The average molecular weight is 289 g/mol. The van der Waals surface area contributed by atoms with Crippen molar-refractivity contribution < 1.29 is 14.7 Å². The SMILES string of the molecule is Cc1cccc(C)c1NC(=O)CC1(C(=O)O)CCCCC1. The first-order valence-electron chi connectivity index (χ1n) is 7.54. The zero-order valence-corrected chi connectivity index (χ0v) is 12.7. The van der Waals surface area contributed by atoms with E-state index >= 15 is 0 Å². The largest absolute Gasteiger partial charge is 0.481 e. The first-order chi connectivity index (χ1) is 9.94.